The van der Waals surface area contributed by atoms with Crippen LogP contribution in [0.15, 0.2) is 84.0 Å². The number of nitrogens with zero attached hydrogens (tertiary/aromatic N) is 1. The molecule has 26 heavy (non-hydrogen) atoms. The van der Waals surface area contributed by atoms with Gasteiger partial charge in [0.25, 0.3) is 5.91 Å². The van der Waals surface area contributed by atoms with Gasteiger partial charge in [-0.15, -0.1) is 0 Å². The van der Waals surface area contributed by atoms with E-state index in [0.717, 1.165) is 22.3 Å². The number of amides is 1. The highest BCUT2D eigenvalue weighted by Gasteiger charge is 2.07. The summed E-state index contributed by atoms with van der Waals surface area (Å²) in [7, 11) is 0. The number of hydrogen-bond donors (Lipinski definition) is 1. The molecule has 0 saturated carbocycles. The number of benzene rings is 3. The van der Waals surface area contributed by atoms with E-state index in [4.69, 9.17) is 4.74 Å². The number of hydrazone groups is 1. The molecule has 3 aromatic carbocycles. The molecular weight excluding hydrogens is 324 g/mol. The van der Waals surface area contributed by atoms with Gasteiger partial charge in [-0.3, -0.25) is 4.79 Å². The van der Waals surface area contributed by atoms with Gasteiger partial charge in [-0.25, -0.2) is 5.43 Å². The highest BCUT2D eigenvalue weighted by Crippen LogP contribution is 2.29. The molecule has 0 saturated heterocycles. The topological polar surface area (TPSA) is 50.7 Å². The summed E-state index contributed by atoms with van der Waals surface area (Å²) < 4.78 is 5.69. The van der Waals surface area contributed by atoms with E-state index in [1.165, 1.54) is 0 Å². The normalized spacial score (nSPS) is 10.7. The molecule has 3 rings (SSSR count). The van der Waals surface area contributed by atoms with Crippen LogP contribution in [0.2, 0.25) is 0 Å². The number of hydrogen-bond acceptors (Lipinski definition) is 3. The molecule has 4 nitrogen and oxygen atoms in total. The van der Waals surface area contributed by atoms with E-state index < -0.39 is 0 Å². The van der Waals surface area contributed by atoms with Gasteiger partial charge in [0, 0.05) is 5.56 Å². The van der Waals surface area contributed by atoms with Gasteiger partial charge in [0.15, 0.2) is 6.61 Å². The lowest BCUT2D eigenvalue weighted by atomic mass is 10.1. The van der Waals surface area contributed by atoms with Crippen LogP contribution in [0.25, 0.3) is 11.1 Å². The van der Waals surface area contributed by atoms with Crippen molar-refractivity contribution in [1.29, 1.82) is 0 Å². The van der Waals surface area contributed by atoms with Crippen molar-refractivity contribution in [3.05, 3.63) is 90.0 Å². The Kier molecular flexibility index (Phi) is 5.78. The van der Waals surface area contributed by atoms with Gasteiger partial charge >= 0.3 is 0 Å². The molecule has 0 unspecified atom stereocenters. The van der Waals surface area contributed by atoms with Gasteiger partial charge in [0.2, 0.25) is 0 Å². The van der Waals surface area contributed by atoms with Crippen LogP contribution < -0.4 is 10.2 Å². The first-order valence-corrected chi connectivity index (χ1v) is 8.39. The number of nitrogens with one attached hydrogen (secondary N) is 1. The maximum absolute atomic E-state index is 12.0. The first-order valence-electron chi connectivity index (χ1n) is 8.39. The van der Waals surface area contributed by atoms with Crippen LogP contribution >= 0.6 is 0 Å². The molecule has 0 spiro atoms. The van der Waals surface area contributed by atoms with Crippen molar-refractivity contribution in [2.45, 2.75) is 6.92 Å². The second-order valence-electron chi connectivity index (χ2n) is 5.80. The SMILES string of the molecule is Cc1ccccc1/C=N/NC(=O)COc1ccccc1-c1ccccc1. The predicted octanol–water partition coefficient (Wildman–Crippen LogP) is 4.19. The van der Waals surface area contributed by atoms with Crippen LogP contribution in [-0.4, -0.2) is 18.7 Å². The zero-order valence-electron chi connectivity index (χ0n) is 14.6. The van der Waals surface area contributed by atoms with Crippen molar-refractivity contribution in [1.82, 2.24) is 5.43 Å². The Morgan fingerprint density at radius 2 is 1.65 bits per heavy atom. The zero-order valence-corrected chi connectivity index (χ0v) is 14.6. The maximum Gasteiger partial charge on any atom is 0.277 e. The number of rotatable bonds is 6. The quantitative estimate of drug-likeness (QED) is 0.538. The molecule has 0 fully saturated rings. The fraction of sp³-hybridized carbons (Fsp3) is 0.0909. The number of carbonyl (C=O) groups excluding carboxylic acids is 1. The molecule has 0 bridgehead atoms. The van der Waals surface area contributed by atoms with Crippen LogP contribution in [0.5, 0.6) is 5.75 Å². The highest BCUT2D eigenvalue weighted by atomic mass is 16.5. The Hall–Kier alpha value is -3.40. The summed E-state index contributed by atoms with van der Waals surface area (Å²) in [6, 6.07) is 25.4. The van der Waals surface area contributed by atoms with Crippen LogP contribution in [-0.2, 0) is 4.79 Å². The van der Waals surface area contributed by atoms with Crippen molar-refractivity contribution in [2.24, 2.45) is 5.10 Å². The summed E-state index contributed by atoms with van der Waals surface area (Å²) in [6.07, 6.45) is 1.63. The molecule has 0 aliphatic rings. The monoisotopic (exact) mass is 344 g/mol. The predicted molar refractivity (Wildman–Crippen MR) is 104 cm³/mol. The van der Waals surface area contributed by atoms with E-state index >= 15 is 0 Å². The number of carbonyl (C=O) groups is 1. The Morgan fingerprint density at radius 1 is 0.962 bits per heavy atom. The molecule has 4 heteroatoms. The molecule has 0 heterocycles. The average molecular weight is 344 g/mol. The van der Waals surface area contributed by atoms with E-state index in [2.05, 4.69) is 10.5 Å². The minimum absolute atomic E-state index is 0.102. The van der Waals surface area contributed by atoms with Gasteiger partial charge < -0.3 is 4.74 Å². The molecule has 0 aromatic heterocycles. The number of para-hydroxylation sites is 1. The van der Waals surface area contributed by atoms with E-state index in [1.807, 2.05) is 85.8 Å². The third kappa shape index (κ3) is 4.57. The molecular formula is C22H20N2O2. The lowest BCUT2D eigenvalue weighted by molar-refractivity contribution is -0.123. The molecule has 3 aromatic rings. The fourth-order valence-electron chi connectivity index (χ4n) is 2.53. The van der Waals surface area contributed by atoms with Crippen LogP contribution in [0.3, 0.4) is 0 Å². The summed E-state index contributed by atoms with van der Waals surface area (Å²) in [6.45, 7) is 1.89. The van der Waals surface area contributed by atoms with Gasteiger partial charge in [-0.2, -0.15) is 5.10 Å². The van der Waals surface area contributed by atoms with Gasteiger partial charge in [-0.05, 0) is 29.7 Å². The van der Waals surface area contributed by atoms with E-state index in [9.17, 15) is 4.79 Å². The average Bonchev–Trinajstić information content (AvgIpc) is 2.69. The standard InChI is InChI=1S/C22H20N2O2/c1-17-9-5-6-12-19(17)15-23-24-22(25)16-26-21-14-8-7-13-20(21)18-10-3-2-4-11-18/h2-15H,16H2,1H3,(H,24,25)/b23-15+. The summed E-state index contributed by atoms with van der Waals surface area (Å²) in [4.78, 5) is 12.0. The second-order valence-corrected chi connectivity index (χ2v) is 5.80. The maximum atomic E-state index is 12.0. The Labute approximate surface area is 153 Å². The molecule has 0 radical (unpaired) electrons. The molecule has 1 amide bonds. The minimum Gasteiger partial charge on any atom is -0.483 e. The second kappa shape index (κ2) is 8.62. The fourth-order valence-corrected chi connectivity index (χ4v) is 2.53. The molecule has 1 N–H and O–H groups in total. The van der Waals surface area contributed by atoms with E-state index in [-0.39, 0.29) is 12.5 Å². The van der Waals surface area contributed by atoms with Crippen molar-refractivity contribution in [3.63, 3.8) is 0 Å². The van der Waals surface area contributed by atoms with Gasteiger partial charge in [0.1, 0.15) is 5.75 Å². The third-order valence-electron chi connectivity index (χ3n) is 3.91. The first kappa shape index (κ1) is 17.4. The van der Waals surface area contributed by atoms with Crippen LogP contribution in [0.1, 0.15) is 11.1 Å². The Morgan fingerprint density at radius 3 is 2.46 bits per heavy atom. The van der Waals surface area contributed by atoms with Gasteiger partial charge in [0.05, 0.1) is 6.21 Å². The lowest BCUT2D eigenvalue weighted by Gasteiger charge is -2.10. The van der Waals surface area contributed by atoms with Crippen molar-refractivity contribution < 1.29 is 9.53 Å². The molecule has 0 aliphatic carbocycles. The minimum atomic E-state index is -0.308. The Bertz CT molecular complexity index is 905. The largest absolute Gasteiger partial charge is 0.483 e. The third-order valence-corrected chi connectivity index (χ3v) is 3.91. The smallest absolute Gasteiger partial charge is 0.277 e. The van der Waals surface area contributed by atoms with Crippen LogP contribution in [0.4, 0.5) is 0 Å². The summed E-state index contributed by atoms with van der Waals surface area (Å²) >= 11 is 0. The number of ether oxygens (including phenoxy) is 1. The van der Waals surface area contributed by atoms with Crippen molar-refractivity contribution in [3.8, 4) is 16.9 Å². The van der Waals surface area contributed by atoms with E-state index in [0.29, 0.717) is 5.75 Å². The Balaban J connectivity index is 1.60. The summed E-state index contributed by atoms with van der Waals surface area (Å²) in [5.41, 5.74) is 6.54. The molecule has 0 atom stereocenters. The van der Waals surface area contributed by atoms with Crippen molar-refractivity contribution in [2.75, 3.05) is 6.61 Å². The molecule has 130 valence electrons. The zero-order chi connectivity index (χ0) is 18.2. The highest BCUT2D eigenvalue weighted by molar-refractivity contribution is 5.84. The summed E-state index contributed by atoms with van der Waals surface area (Å²) in [5, 5.41) is 3.99. The number of aryl methyl sites for hydroxylation is 1. The van der Waals surface area contributed by atoms with Crippen molar-refractivity contribution >= 4 is 12.1 Å². The summed E-state index contributed by atoms with van der Waals surface area (Å²) in [5.74, 6) is 0.356. The van der Waals surface area contributed by atoms with Gasteiger partial charge in [-0.1, -0.05) is 72.8 Å². The lowest BCUT2D eigenvalue weighted by Crippen LogP contribution is -2.24. The van der Waals surface area contributed by atoms with E-state index in [1.54, 1.807) is 6.21 Å². The first-order chi connectivity index (χ1) is 12.7. The molecule has 0 aliphatic heterocycles. The van der Waals surface area contributed by atoms with Crippen LogP contribution in [0, 0.1) is 6.92 Å².